The van der Waals surface area contributed by atoms with Gasteiger partial charge in [-0.3, -0.25) is 0 Å². The monoisotopic (exact) mass is 349 g/mol. The van der Waals surface area contributed by atoms with Gasteiger partial charge in [0.05, 0.1) is 0 Å². The van der Waals surface area contributed by atoms with Crippen molar-refractivity contribution in [1.82, 2.24) is 0 Å². The molecule has 3 rings (SSSR count). The van der Waals surface area contributed by atoms with E-state index in [-0.39, 0.29) is 0 Å². The van der Waals surface area contributed by atoms with Crippen LogP contribution >= 0.6 is 15.9 Å². The largest absolute Gasteiger partial charge is 0.489 e. The number of rotatable bonds is 4. The third kappa shape index (κ3) is 3.24. The van der Waals surface area contributed by atoms with Crippen LogP contribution in [-0.2, 0) is 6.61 Å². The second kappa shape index (κ2) is 6.26. The number of fused-ring (bicyclic) bond motifs is 1. The number of hydrogen-bond acceptors (Lipinski definition) is 4. The molecule has 0 unspecified atom stereocenters. The molecule has 21 heavy (non-hydrogen) atoms. The zero-order valence-electron chi connectivity index (χ0n) is 11.7. The van der Waals surface area contributed by atoms with Gasteiger partial charge in [-0.2, -0.15) is 0 Å². The van der Waals surface area contributed by atoms with E-state index < -0.39 is 0 Å². The summed E-state index contributed by atoms with van der Waals surface area (Å²) in [4.78, 5) is 0. The number of nitrogens with one attached hydrogen (secondary N) is 1. The lowest BCUT2D eigenvalue weighted by atomic mass is 10.2. The van der Waals surface area contributed by atoms with Crippen LogP contribution in [0.25, 0.3) is 0 Å². The molecule has 0 fully saturated rings. The average Bonchev–Trinajstić information content (AvgIpc) is 2.53. The van der Waals surface area contributed by atoms with E-state index in [1.165, 1.54) is 0 Å². The lowest BCUT2D eigenvalue weighted by molar-refractivity contribution is 0.171. The molecule has 0 atom stereocenters. The Labute approximate surface area is 132 Å². The molecule has 4 nitrogen and oxygen atoms in total. The molecule has 0 radical (unpaired) electrons. The van der Waals surface area contributed by atoms with Gasteiger partial charge in [-0.15, -0.1) is 0 Å². The van der Waals surface area contributed by atoms with E-state index in [1.54, 1.807) is 0 Å². The predicted molar refractivity (Wildman–Crippen MR) is 85.5 cm³/mol. The SMILES string of the molecule is CNc1ccc(OCc2cc3c(cc2Br)OCCO3)cc1. The molecule has 0 spiro atoms. The van der Waals surface area contributed by atoms with Gasteiger partial charge in [0.15, 0.2) is 11.5 Å². The van der Waals surface area contributed by atoms with Crippen molar-refractivity contribution in [3.05, 3.63) is 46.4 Å². The molecule has 5 heteroatoms. The highest BCUT2D eigenvalue weighted by Gasteiger charge is 2.15. The van der Waals surface area contributed by atoms with E-state index in [9.17, 15) is 0 Å². The molecule has 0 saturated heterocycles. The third-order valence-corrected chi connectivity index (χ3v) is 3.99. The Morgan fingerprint density at radius 1 is 1.10 bits per heavy atom. The molecule has 0 amide bonds. The number of hydrogen-bond donors (Lipinski definition) is 1. The summed E-state index contributed by atoms with van der Waals surface area (Å²) in [5.74, 6) is 2.37. The first kappa shape index (κ1) is 14.1. The molecular weight excluding hydrogens is 334 g/mol. The normalized spacial score (nSPS) is 12.9. The second-order valence-corrected chi connectivity index (χ2v) is 5.50. The summed E-state index contributed by atoms with van der Waals surface area (Å²) in [6.45, 7) is 1.64. The number of anilines is 1. The van der Waals surface area contributed by atoms with Crippen LogP contribution in [-0.4, -0.2) is 20.3 Å². The molecule has 1 aliphatic heterocycles. The maximum Gasteiger partial charge on any atom is 0.162 e. The first-order chi connectivity index (χ1) is 10.3. The quantitative estimate of drug-likeness (QED) is 0.910. The van der Waals surface area contributed by atoms with Gasteiger partial charge in [0.1, 0.15) is 25.6 Å². The van der Waals surface area contributed by atoms with Gasteiger partial charge in [0, 0.05) is 22.8 Å². The highest BCUT2D eigenvalue weighted by molar-refractivity contribution is 9.10. The number of benzene rings is 2. The first-order valence-electron chi connectivity index (χ1n) is 6.75. The van der Waals surface area contributed by atoms with Crippen LogP contribution in [0.4, 0.5) is 5.69 Å². The van der Waals surface area contributed by atoms with Crippen molar-refractivity contribution < 1.29 is 14.2 Å². The Morgan fingerprint density at radius 3 is 2.43 bits per heavy atom. The number of ether oxygens (including phenoxy) is 3. The molecule has 0 saturated carbocycles. The zero-order valence-corrected chi connectivity index (χ0v) is 13.3. The van der Waals surface area contributed by atoms with Gasteiger partial charge in [0.25, 0.3) is 0 Å². The van der Waals surface area contributed by atoms with Gasteiger partial charge in [-0.25, -0.2) is 0 Å². The van der Waals surface area contributed by atoms with Crippen LogP contribution in [0, 0.1) is 0 Å². The highest BCUT2D eigenvalue weighted by Crippen LogP contribution is 2.35. The first-order valence-corrected chi connectivity index (χ1v) is 7.54. The Morgan fingerprint density at radius 2 is 1.76 bits per heavy atom. The van der Waals surface area contributed by atoms with E-state index in [0.717, 1.165) is 33.0 Å². The van der Waals surface area contributed by atoms with Crippen molar-refractivity contribution in [3.8, 4) is 17.2 Å². The molecular formula is C16H16BrNO3. The lowest BCUT2D eigenvalue weighted by Crippen LogP contribution is -2.15. The van der Waals surface area contributed by atoms with Gasteiger partial charge < -0.3 is 19.5 Å². The lowest BCUT2D eigenvalue weighted by Gasteiger charge is -2.20. The summed E-state index contributed by atoms with van der Waals surface area (Å²) in [7, 11) is 1.89. The topological polar surface area (TPSA) is 39.7 Å². The summed E-state index contributed by atoms with van der Waals surface area (Å²) >= 11 is 3.55. The maximum absolute atomic E-state index is 5.81. The minimum atomic E-state index is 0.468. The zero-order chi connectivity index (χ0) is 14.7. The van der Waals surface area contributed by atoms with Crippen molar-refractivity contribution in [2.24, 2.45) is 0 Å². The molecule has 1 N–H and O–H groups in total. The molecule has 110 valence electrons. The van der Waals surface area contributed by atoms with Crippen molar-refractivity contribution in [2.45, 2.75) is 6.61 Å². The molecule has 2 aromatic rings. The second-order valence-electron chi connectivity index (χ2n) is 4.65. The summed E-state index contributed by atoms with van der Waals surface area (Å²) in [6.07, 6.45) is 0. The average molecular weight is 350 g/mol. The van der Waals surface area contributed by atoms with Gasteiger partial charge in [-0.1, -0.05) is 15.9 Å². The third-order valence-electron chi connectivity index (χ3n) is 3.25. The smallest absolute Gasteiger partial charge is 0.162 e. The Balaban J connectivity index is 1.72. The van der Waals surface area contributed by atoms with Crippen molar-refractivity contribution in [1.29, 1.82) is 0 Å². The fraction of sp³-hybridized carbons (Fsp3) is 0.250. The van der Waals surface area contributed by atoms with E-state index in [0.29, 0.717) is 19.8 Å². The van der Waals surface area contributed by atoms with Crippen LogP contribution in [0.15, 0.2) is 40.9 Å². The molecule has 0 aromatic heterocycles. The van der Waals surface area contributed by atoms with Crippen LogP contribution in [0.5, 0.6) is 17.2 Å². The van der Waals surface area contributed by atoms with Crippen LogP contribution < -0.4 is 19.5 Å². The van der Waals surface area contributed by atoms with E-state index >= 15 is 0 Å². The fourth-order valence-corrected chi connectivity index (χ4v) is 2.53. The highest BCUT2D eigenvalue weighted by atomic mass is 79.9. The molecule has 1 aliphatic rings. The standard InChI is InChI=1S/C16H16BrNO3/c1-18-12-2-4-13(5-3-12)21-10-11-8-15-16(9-14(11)17)20-7-6-19-15/h2-5,8-9,18H,6-7,10H2,1H3. The van der Waals surface area contributed by atoms with Gasteiger partial charge in [0.2, 0.25) is 0 Å². The summed E-state index contributed by atoms with van der Waals surface area (Å²) in [6, 6.07) is 11.7. The van der Waals surface area contributed by atoms with Gasteiger partial charge in [-0.05, 0) is 36.4 Å². The van der Waals surface area contributed by atoms with Crippen molar-refractivity contribution >= 4 is 21.6 Å². The van der Waals surface area contributed by atoms with E-state index in [1.807, 2.05) is 43.4 Å². The predicted octanol–water partition coefficient (Wildman–Crippen LogP) is 3.84. The van der Waals surface area contributed by atoms with Crippen LogP contribution in [0.3, 0.4) is 0 Å². The van der Waals surface area contributed by atoms with Crippen molar-refractivity contribution in [2.75, 3.05) is 25.6 Å². The number of halogens is 1. The summed E-state index contributed by atoms with van der Waals surface area (Å²) < 4.78 is 17.9. The molecule has 0 aliphatic carbocycles. The summed E-state index contributed by atoms with van der Waals surface area (Å²) in [5.41, 5.74) is 2.08. The van der Waals surface area contributed by atoms with E-state index in [4.69, 9.17) is 14.2 Å². The van der Waals surface area contributed by atoms with E-state index in [2.05, 4.69) is 21.2 Å². The molecule has 1 heterocycles. The van der Waals surface area contributed by atoms with Crippen LogP contribution in [0.1, 0.15) is 5.56 Å². The molecule has 0 bridgehead atoms. The Hall–Kier alpha value is -1.88. The fourth-order valence-electron chi connectivity index (χ4n) is 2.10. The minimum absolute atomic E-state index is 0.468. The Bertz CT molecular complexity index is 628. The minimum Gasteiger partial charge on any atom is -0.489 e. The van der Waals surface area contributed by atoms with Gasteiger partial charge >= 0.3 is 0 Å². The maximum atomic E-state index is 5.81. The van der Waals surface area contributed by atoms with Crippen LogP contribution in [0.2, 0.25) is 0 Å². The summed E-state index contributed by atoms with van der Waals surface area (Å²) in [5, 5.41) is 3.08. The molecule has 2 aromatic carbocycles. The Kier molecular flexibility index (Phi) is 4.20. The van der Waals surface area contributed by atoms with Crippen molar-refractivity contribution in [3.63, 3.8) is 0 Å².